The molecular formula is C32H37NO5S. The van der Waals surface area contributed by atoms with Crippen LogP contribution in [-0.2, 0) is 24.1 Å². The van der Waals surface area contributed by atoms with Crippen molar-refractivity contribution >= 4 is 28.7 Å². The van der Waals surface area contributed by atoms with Crippen molar-refractivity contribution in [2.75, 3.05) is 6.61 Å². The van der Waals surface area contributed by atoms with Crippen LogP contribution in [0.3, 0.4) is 0 Å². The molecular weight excluding hydrogens is 510 g/mol. The first-order valence-electron chi connectivity index (χ1n) is 13.9. The van der Waals surface area contributed by atoms with E-state index in [1.807, 2.05) is 26.0 Å². The van der Waals surface area contributed by atoms with Gasteiger partial charge in [-0.25, -0.2) is 9.78 Å². The molecule has 3 atom stereocenters. The summed E-state index contributed by atoms with van der Waals surface area (Å²) >= 11 is 1.78. The molecule has 0 radical (unpaired) electrons. The molecule has 1 unspecified atom stereocenters. The van der Waals surface area contributed by atoms with Crippen LogP contribution >= 0.6 is 11.3 Å². The fourth-order valence-electron chi connectivity index (χ4n) is 5.71. The van der Waals surface area contributed by atoms with Crippen molar-refractivity contribution in [3.8, 4) is 10.4 Å². The predicted molar refractivity (Wildman–Crippen MR) is 154 cm³/mol. The summed E-state index contributed by atoms with van der Waals surface area (Å²) in [5.41, 5.74) is 6.43. The molecule has 1 aliphatic carbocycles. The van der Waals surface area contributed by atoms with E-state index in [4.69, 9.17) is 14.5 Å². The monoisotopic (exact) mass is 547 g/mol. The zero-order valence-electron chi connectivity index (χ0n) is 23.1. The molecule has 0 spiro atoms. The lowest BCUT2D eigenvalue weighted by molar-refractivity contribution is -0.328. The number of benzene rings is 1. The van der Waals surface area contributed by atoms with Gasteiger partial charge in [0.05, 0.1) is 18.1 Å². The van der Waals surface area contributed by atoms with Gasteiger partial charge in [-0.15, -0.1) is 11.3 Å². The number of hydrogen-bond acceptors (Lipinski definition) is 6. The Morgan fingerprint density at radius 3 is 2.64 bits per heavy atom. The van der Waals surface area contributed by atoms with Crippen molar-refractivity contribution in [1.82, 2.24) is 5.32 Å². The van der Waals surface area contributed by atoms with Gasteiger partial charge < -0.3 is 4.74 Å². The molecule has 0 fully saturated rings. The van der Waals surface area contributed by atoms with Gasteiger partial charge in [-0.1, -0.05) is 49.4 Å². The minimum absolute atomic E-state index is 0.0522. The molecule has 1 N–H and O–H groups in total. The van der Waals surface area contributed by atoms with Gasteiger partial charge in [-0.3, -0.25) is 14.9 Å². The average Bonchev–Trinajstić information content (AvgIpc) is 3.55. The van der Waals surface area contributed by atoms with E-state index >= 15 is 0 Å². The van der Waals surface area contributed by atoms with Crippen LogP contribution in [-0.4, -0.2) is 36.7 Å². The van der Waals surface area contributed by atoms with Gasteiger partial charge in [-0.05, 0) is 86.8 Å². The topological polar surface area (TPSA) is 73.9 Å². The van der Waals surface area contributed by atoms with E-state index in [-0.39, 0.29) is 36.7 Å². The summed E-state index contributed by atoms with van der Waals surface area (Å²) in [5.74, 6) is -1.18. The summed E-state index contributed by atoms with van der Waals surface area (Å²) < 4.78 is 6.41. The van der Waals surface area contributed by atoms with Gasteiger partial charge in [0.15, 0.2) is 0 Å². The SMILES string of the molecule is CCC1=CC[C@H](C2C=C(C3=C(c4cc(-c5ccccc5)sc4C)CCC3)C(=O)NC2=O)O[C@@H]1COOC(C)C. The highest BCUT2D eigenvalue weighted by Gasteiger charge is 2.39. The third-order valence-corrected chi connectivity index (χ3v) is 8.73. The van der Waals surface area contributed by atoms with Gasteiger partial charge >= 0.3 is 0 Å². The molecule has 6 nitrogen and oxygen atoms in total. The largest absolute Gasteiger partial charge is 0.367 e. The molecule has 3 aliphatic rings. The van der Waals surface area contributed by atoms with Crippen LogP contribution in [0.1, 0.15) is 63.3 Å². The van der Waals surface area contributed by atoms with Gasteiger partial charge in [0.1, 0.15) is 12.7 Å². The first kappa shape index (κ1) is 27.7. The highest BCUT2D eigenvalue weighted by Crippen LogP contribution is 2.44. The molecule has 1 aromatic heterocycles. The summed E-state index contributed by atoms with van der Waals surface area (Å²) in [6, 6.07) is 12.6. The summed E-state index contributed by atoms with van der Waals surface area (Å²) in [6.45, 7) is 8.30. The van der Waals surface area contributed by atoms with Crippen molar-refractivity contribution in [3.05, 3.63) is 75.7 Å². The maximum absolute atomic E-state index is 13.2. The van der Waals surface area contributed by atoms with E-state index in [9.17, 15) is 9.59 Å². The van der Waals surface area contributed by atoms with Crippen molar-refractivity contribution in [3.63, 3.8) is 0 Å². The van der Waals surface area contributed by atoms with Crippen LogP contribution in [0, 0.1) is 12.8 Å². The molecule has 1 aromatic carbocycles. The second kappa shape index (κ2) is 12.1. The van der Waals surface area contributed by atoms with Crippen molar-refractivity contribution in [2.24, 2.45) is 5.92 Å². The first-order chi connectivity index (χ1) is 18.9. The smallest absolute Gasteiger partial charge is 0.257 e. The third kappa shape index (κ3) is 6.02. The standard InChI is InChI=1S/C32H37NO5S/c1-5-21-14-15-28(37-29(21)18-36-38-19(2)3)27-16-26(31(34)33-32(27)35)24-13-9-12-23(24)25-17-30(39-20(25)4)22-10-7-6-8-11-22/h6-8,10-11,14,16-17,19,27-29H,5,9,12-13,15,18H2,1-4H3,(H,33,34,35)/t27?,28-,29-/m1/s1. The van der Waals surface area contributed by atoms with Crippen LogP contribution in [0.15, 0.2) is 65.3 Å². The summed E-state index contributed by atoms with van der Waals surface area (Å²) in [4.78, 5) is 39.4. The Morgan fingerprint density at radius 2 is 1.90 bits per heavy atom. The normalized spacial score (nSPS) is 23.8. The van der Waals surface area contributed by atoms with E-state index in [1.165, 1.54) is 26.5 Å². The van der Waals surface area contributed by atoms with E-state index < -0.39 is 5.92 Å². The molecule has 3 heterocycles. The third-order valence-electron chi connectivity index (χ3n) is 7.63. The Labute approximate surface area is 234 Å². The first-order valence-corrected chi connectivity index (χ1v) is 14.8. The summed E-state index contributed by atoms with van der Waals surface area (Å²) in [7, 11) is 0. The van der Waals surface area contributed by atoms with Crippen molar-refractivity contribution < 1.29 is 24.1 Å². The molecule has 0 saturated heterocycles. The molecule has 206 valence electrons. The number of thiophene rings is 1. The number of allylic oxidation sites excluding steroid dienone is 1. The minimum Gasteiger partial charge on any atom is -0.367 e. The van der Waals surface area contributed by atoms with Crippen LogP contribution in [0.5, 0.6) is 0 Å². The van der Waals surface area contributed by atoms with Gasteiger partial charge in [0.25, 0.3) is 5.91 Å². The lowest BCUT2D eigenvalue weighted by Crippen LogP contribution is -2.47. The number of rotatable bonds is 9. The zero-order chi connectivity index (χ0) is 27.5. The predicted octanol–water partition coefficient (Wildman–Crippen LogP) is 6.71. The molecule has 7 heteroatoms. The highest BCUT2D eigenvalue weighted by molar-refractivity contribution is 7.15. The molecule has 2 aliphatic heterocycles. The highest BCUT2D eigenvalue weighted by atomic mass is 32.1. The average molecular weight is 548 g/mol. The number of hydrogen-bond donors (Lipinski definition) is 1. The Bertz CT molecular complexity index is 1320. The second-order valence-electron chi connectivity index (χ2n) is 10.6. The number of nitrogens with one attached hydrogen (secondary N) is 1. The second-order valence-corrected chi connectivity index (χ2v) is 11.9. The van der Waals surface area contributed by atoms with Gasteiger partial charge in [0, 0.05) is 15.3 Å². The van der Waals surface area contributed by atoms with E-state index in [1.54, 1.807) is 11.3 Å². The lowest BCUT2D eigenvalue weighted by Gasteiger charge is -2.35. The molecule has 2 aromatic rings. The molecule has 0 saturated carbocycles. The Kier molecular flexibility index (Phi) is 8.62. The number of amides is 2. The number of aryl methyl sites for hydroxylation is 1. The van der Waals surface area contributed by atoms with E-state index in [2.05, 4.69) is 55.6 Å². The fourth-order valence-corrected chi connectivity index (χ4v) is 6.76. The number of carbonyl (C=O) groups is 2. The Morgan fingerprint density at radius 1 is 1.13 bits per heavy atom. The van der Waals surface area contributed by atoms with Gasteiger partial charge in [0.2, 0.25) is 5.91 Å². The van der Waals surface area contributed by atoms with Crippen LogP contribution < -0.4 is 5.32 Å². The number of carbonyl (C=O) groups excluding carboxylic acids is 2. The maximum Gasteiger partial charge on any atom is 0.257 e. The molecule has 5 rings (SSSR count). The zero-order valence-corrected chi connectivity index (χ0v) is 23.9. The summed E-state index contributed by atoms with van der Waals surface area (Å²) in [5, 5.41) is 2.64. The van der Waals surface area contributed by atoms with Crippen LogP contribution in [0.4, 0.5) is 0 Å². The maximum atomic E-state index is 13.2. The Hall–Kier alpha value is -2.84. The molecule has 39 heavy (non-hydrogen) atoms. The Balaban J connectivity index is 1.43. The molecule has 0 bridgehead atoms. The lowest BCUT2D eigenvalue weighted by atomic mass is 9.86. The van der Waals surface area contributed by atoms with E-state index in [0.717, 1.165) is 36.8 Å². The van der Waals surface area contributed by atoms with E-state index in [0.29, 0.717) is 12.0 Å². The minimum atomic E-state index is -0.557. The van der Waals surface area contributed by atoms with Crippen LogP contribution in [0.2, 0.25) is 0 Å². The van der Waals surface area contributed by atoms with Gasteiger partial charge in [-0.2, -0.15) is 0 Å². The number of imide groups is 1. The van der Waals surface area contributed by atoms with Crippen molar-refractivity contribution in [2.45, 2.75) is 78.1 Å². The molecule has 2 amide bonds. The fraction of sp³-hybridized carbons (Fsp3) is 0.438. The van der Waals surface area contributed by atoms with Crippen molar-refractivity contribution in [1.29, 1.82) is 0 Å². The number of ether oxygens (including phenoxy) is 1. The summed E-state index contributed by atoms with van der Waals surface area (Å²) in [6.07, 6.45) is 7.45. The quantitative estimate of drug-likeness (QED) is 0.163. The van der Waals surface area contributed by atoms with Crippen LogP contribution in [0.25, 0.3) is 16.0 Å².